The highest BCUT2D eigenvalue weighted by Crippen LogP contribution is 2.31. The first-order chi connectivity index (χ1) is 13.4. The molecular formula is C18H18Cl4N2O5. The number of rotatable bonds is 8. The monoisotopic (exact) mass is 482 g/mol. The lowest BCUT2D eigenvalue weighted by Gasteiger charge is -2.14. The van der Waals surface area contributed by atoms with E-state index in [-0.39, 0.29) is 35.0 Å². The second-order valence-electron chi connectivity index (χ2n) is 5.67. The van der Waals surface area contributed by atoms with Gasteiger partial charge in [0, 0.05) is 11.8 Å². The smallest absolute Gasteiger partial charge is 0.340 e. The summed E-state index contributed by atoms with van der Waals surface area (Å²) in [5.74, 6) is -2.02. The van der Waals surface area contributed by atoms with E-state index in [0.29, 0.717) is 0 Å². The lowest BCUT2D eigenvalue weighted by molar-refractivity contribution is -0.144. The van der Waals surface area contributed by atoms with Gasteiger partial charge >= 0.3 is 11.9 Å². The highest BCUT2D eigenvalue weighted by Gasteiger charge is 2.24. The first kappa shape index (κ1) is 25.1. The van der Waals surface area contributed by atoms with Crippen molar-refractivity contribution in [2.75, 3.05) is 11.9 Å². The zero-order chi connectivity index (χ0) is 22.2. The lowest BCUT2D eigenvalue weighted by Crippen LogP contribution is -2.21. The Balaban J connectivity index is 2.83. The van der Waals surface area contributed by atoms with Crippen LogP contribution in [0, 0.1) is 0 Å². The Morgan fingerprint density at radius 1 is 1.31 bits per heavy atom. The molecule has 1 unspecified atom stereocenters. The van der Waals surface area contributed by atoms with Gasteiger partial charge in [-0.1, -0.05) is 59.1 Å². The zero-order valence-electron chi connectivity index (χ0n) is 15.2. The summed E-state index contributed by atoms with van der Waals surface area (Å²) in [5.41, 5.74) is 5.41. The second-order valence-corrected chi connectivity index (χ2v) is 8.36. The van der Waals surface area contributed by atoms with Crippen molar-refractivity contribution in [3.8, 4) is 0 Å². The molecule has 0 aliphatic carbocycles. The Kier molecular flexibility index (Phi) is 9.79. The standard InChI is InChI=1S/C18H18Cl4N2O5/c1-3-6-28-16(26)7-10(2)29-17(27)12-8-11(4-5-13(12)19)24-15(25)9-14(23)18(20,21)22/h3-5,8-10H,1,6-7,23H2,2H3,(H,24,25)/b14-9-. The number of carbonyl (C=O) groups excluding carboxylic acids is 3. The second kappa shape index (κ2) is 11.3. The van der Waals surface area contributed by atoms with Crippen LogP contribution in [-0.2, 0) is 19.1 Å². The summed E-state index contributed by atoms with van der Waals surface area (Å²) in [6.45, 7) is 5.01. The van der Waals surface area contributed by atoms with E-state index in [1.165, 1.54) is 31.2 Å². The van der Waals surface area contributed by atoms with E-state index >= 15 is 0 Å². The molecule has 158 valence electrons. The van der Waals surface area contributed by atoms with Gasteiger partial charge in [0.05, 0.1) is 22.7 Å². The van der Waals surface area contributed by atoms with Gasteiger partial charge < -0.3 is 20.5 Å². The quantitative estimate of drug-likeness (QED) is 0.249. The highest BCUT2D eigenvalue weighted by atomic mass is 35.6. The number of benzene rings is 1. The summed E-state index contributed by atoms with van der Waals surface area (Å²) >= 11 is 22.7. The van der Waals surface area contributed by atoms with Crippen LogP contribution < -0.4 is 11.1 Å². The molecule has 1 rings (SSSR count). The Morgan fingerprint density at radius 2 is 1.97 bits per heavy atom. The lowest BCUT2D eigenvalue weighted by atomic mass is 10.2. The van der Waals surface area contributed by atoms with Gasteiger partial charge in [0.25, 0.3) is 0 Å². The summed E-state index contributed by atoms with van der Waals surface area (Å²) in [6.07, 6.45) is 1.41. The number of hydrogen-bond acceptors (Lipinski definition) is 6. The third-order valence-electron chi connectivity index (χ3n) is 3.19. The van der Waals surface area contributed by atoms with Crippen LogP contribution in [0.3, 0.4) is 0 Å². The molecule has 1 aromatic carbocycles. The summed E-state index contributed by atoms with van der Waals surface area (Å²) in [5, 5.41) is 2.54. The molecule has 1 atom stereocenters. The van der Waals surface area contributed by atoms with E-state index in [0.717, 1.165) is 6.08 Å². The van der Waals surface area contributed by atoms with Gasteiger partial charge in [-0.05, 0) is 25.1 Å². The van der Waals surface area contributed by atoms with E-state index in [1.807, 2.05) is 0 Å². The molecule has 0 aliphatic heterocycles. The Hall–Kier alpha value is -1.93. The minimum atomic E-state index is -1.94. The molecule has 1 aromatic rings. The summed E-state index contributed by atoms with van der Waals surface area (Å²) in [7, 11) is 0. The van der Waals surface area contributed by atoms with E-state index in [2.05, 4.69) is 11.9 Å². The van der Waals surface area contributed by atoms with Gasteiger partial charge in [-0.25, -0.2) is 4.79 Å². The van der Waals surface area contributed by atoms with Crippen LogP contribution >= 0.6 is 46.4 Å². The molecule has 7 nitrogen and oxygen atoms in total. The number of nitrogens with two attached hydrogens (primary N) is 1. The van der Waals surface area contributed by atoms with Crippen LogP contribution in [0.1, 0.15) is 23.7 Å². The van der Waals surface area contributed by atoms with E-state index in [9.17, 15) is 14.4 Å². The number of hydrogen-bond donors (Lipinski definition) is 2. The molecule has 11 heteroatoms. The van der Waals surface area contributed by atoms with Crippen LogP contribution in [0.15, 0.2) is 42.6 Å². The normalized spacial score (nSPS) is 12.7. The summed E-state index contributed by atoms with van der Waals surface area (Å²) in [6, 6.07) is 4.13. The minimum absolute atomic E-state index is 0.0193. The number of ether oxygens (including phenoxy) is 2. The molecule has 1 amide bonds. The number of nitrogens with one attached hydrogen (secondary N) is 1. The zero-order valence-corrected chi connectivity index (χ0v) is 18.2. The van der Waals surface area contributed by atoms with Crippen LogP contribution in [0.5, 0.6) is 0 Å². The summed E-state index contributed by atoms with van der Waals surface area (Å²) < 4.78 is 8.08. The minimum Gasteiger partial charge on any atom is -0.461 e. The topological polar surface area (TPSA) is 108 Å². The Bertz CT molecular complexity index is 821. The van der Waals surface area contributed by atoms with E-state index in [4.69, 9.17) is 61.6 Å². The van der Waals surface area contributed by atoms with Crippen LogP contribution in [-0.4, -0.2) is 34.3 Å². The molecule has 0 saturated carbocycles. The van der Waals surface area contributed by atoms with Gasteiger partial charge in [0.1, 0.15) is 12.7 Å². The molecule has 0 fully saturated rings. The number of esters is 2. The van der Waals surface area contributed by atoms with Gasteiger partial charge in [-0.2, -0.15) is 0 Å². The molecule has 0 spiro atoms. The van der Waals surface area contributed by atoms with Crippen molar-refractivity contribution in [3.63, 3.8) is 0 Å². The van der Waals surface area contributed by atoms with Crippen molar-refractivity contribution in [1.82, 2.24) is 0 Å². The van der Waals surface area contributed by atoms with Crippen molar-refractivity contribution in [1.29, 1.82) is 0 Å². The van der Waals surface area contributed by atoms with Gasteiger partial charge in [0.2, 0.25) is 9.70 Å². The van der Waals surface area contributed by atoms with Crippen molar-refractivity contribution in [2.24, 2.45) is 5.73 Å². The fraction of sp³-hybridized carbons (Fsp3) is 0.278. The van der Waals surface area contributed by atoms with E-state index < -0.39 is 27.7 Å². The third kappa shape index (κ3) is 8.95. The number of anilines is 1. The Labute approximate surface area is 187 Å². The van der Waals surface area contributed by atoms with Crippen LogP contribution in [0.25, 0.3) is 0 Å². The average Bonchev–Trinajstić information content (AvgIpc) is 2.60. The van der Waals surface area contributed by atoms with Crippen LogP contribution in [0.2, 0.25) is 5.02 Å². The van der Waals surface area contributed by atoms with Crippen molar-refractivity contribution in [2.45, 2.75) is 23.2 Å². The molecular weight excluding hydrogens is 466 g/mol. The fourth-order valence-corrected chi connectivity index (χ4v) is 2.25. The number of amides is 1. The first-order valence-corrected chi connectivity index (χ1v) is 9.57. The van der Waals surface area contributed by atoms with Crippen molar-refractivity contribution < 1.29 is 23.9 Å². The maximum absolute atomic E-state index is 12.3. The number of alkyl halides is 3. The summed E-state index contributed by atoms with van der Waals surface area (Å²) in [4.78, 5) is 35.9. The van der Waals surface area contributed by atoms with Crippen molar-refractivity contribution in [3.05, 3.63) is 53.2 Å². The molecule has 0 radical (unpaired) electrons. The third-order valence-corrected chi connectivity index (χ3v) is 4.18. The molecule has 0 heterocycles. The number of halogens is 4. The predicted molar refractivity (Wildman–Crippen MR) is 113 cm³/mol. The van der Waals surface area contributed by atoms with Crippen molar-refractivity contribution >= 4 is 69.9 Å². The highest BCUT2D eigenvalue weighted by molar-refractivity contribution is 6.69. The molecule has 0 aromatic heterocycles. The van der Waals surface area contributed by atoms with Gasteiger partial charge in [-0.15, -0.1) is 0 Å². The maximum Gasteiger partial charge on any atom is 0.340 e. The molecule has 0 bridgehead atoms. The van der Waals surface area contributed by atoms with Gasteiger partial charge in [-0.3, -0.25) is 9.59 Å². The number of carbonyl (C=O) groups is 3. The largest absolute Gasteiger partial charge is 0.461 e. The fourth-order valence-electron chi connectivity index (χ4n) is 1.89. The first-order valence-electron chi connectivity index (χ1n) is 8.06. The molecule has 0 aliphatic rings. The average molecular weight is 484 g/mol. The van der Waals surface area contributed by atoms with E-state index in [1.54, 1.807) is 0 Å². The Morgan fingerprint density at radius 3 is 2.55 bits per heavy atom. The van der Waals surface area contributed by atoms with Crippen LogP contribution in [0.4, 0.5) is 5.69 Å². The maximum atomic E-state index is 12.3. The molecule has 0 saturated heterocycles. The molecule has 3 N–H and O–H groups in total. The van der Waals surface area contributed by atoms with Gasteiger partial charge in [0.15, 0.2) is 0 Å². The predicted octanol–water partition coefficient (Wildman–Crippen LogP) is 4.16. The SMILES string of the molecule is C=CCOC(=O)CC(C)OC(=O)c1cc(NC(=O)/C=C(\N)C(Cl)(Cl)Cl)ccc1Cl. The number of allylic oxidation sites excluding steroid dienone is 1. The molecule has 29 heavy (non-hydrogen) atoms.